The molecule has 4 heteroatoms. The summed E-state index contributed by atoms with van der Waals surface area (Å²) >= 11 is 0. The fourth-order valence-electron chi connectivity index (χ4n) is 3.72. The molecule has 19 heavy (non-hydrogen) atoms. The molecule has 2 bridgehead atoms. The third kappa shape index (κ3) is 2.46. The van der Waals surface area contributed by atoms with Crippen LogP contribution in [0.25, 0.3) is 0 Å². The molecule has 104 valence electrons. The smallest absolute Gasteiger partial charge is 0.141 e. The molecule has 2 aliphatic rings. The Morgan fingerprint density at radius 2 is 2.00 bits per heavy atom. The fourth-order valence-corrected chi connectivity index (χ4v) is 3.72. The van der Waals surface area contributed by atoms with Gasteiger partial charge in [0, 0.05) is 31.2 Å². The number of hydrogen-bond acceptors (Lipinski definition) is 3. The third-order valence-electron chi connectivity index (χ3n) is 4.47. The number of fused-ring (bicyclic) bond motifs is 2. The van der Waals surface area contributed by atoms with Crippen molar-refractivity contribution in [3.8, 4) is 0 Å². The Morgan fingerprint density at radius 1 is 1.21 bits per heavy atom. The minimum absolute atomic E-state index is 0.260. The second-order valence-corrected chi connectivity index (χ2v) is 6.00. The van der Waals surface area contributed by atoms with Crippen molar-refractivity contribution in [1.82, 2.24) is 9.88 Å². The highest BCUT2D eigenvalue weighted by atomic mass is 19.1. The summed E-state index contributed by atoms with van der Waals surface area (Å²) in [5, 5.41) is 0. The molecule has 3 heterocycles. The average Bonchev–Trinajstić information content (AvgIpc) is 2.66. The van der Waals surface area contributed by atoms with Gasteiger partial charge >= 0.3 is 0 Å². The van der Waals surface area contributed by atoms with Crippen LogP contribution < -0.4 is 4.90 Å². The van der Waals surface area contributed by atoms with Crippen molar-refractivity contribution < 1.29 is 4.39 Å². The van der Waals surface area contributed by atoms with Gasteiger partial charge in [-0.1, -0.05) is 0 Å². The van der Waals surface area contributed by atoms with E-state index in [0.29, 0.717) is 12.1 Å². The van der Waals surface area contributed by atoms with Crippen LogP contribution in [0.1, 0.15) is 33.1 Å². The predicted octanol–water partition coefficient (Wildman–Crippen LogP) is 2.67. The van der Waals surface area contributed by atoms with E-state index in [2.05, 4.69) is 28.6 Å². The van der Waals surface area contributed by atoms with E-state index in [1.54, 1.807) is 6.07 Å². The van der Waals surface area contributed by atoms with Crippen LogP contribution in [0.2, 0.25) is 0 Å². The molecule has 0 amide bonds. The average molecular weight is 263 g/mol. The lowest BCUT2D eigenvalue weighted by atomic mass is 10.1. The van der Waals surface area contributed by atoms with E-state index in [9.17, 15) is 4.39 Å². The van der Waals surface area contributed by atoms with Gasteiger partial charge in [0.05, 0.1) is 6.20 Å². The Balaban J connectivity index is 1.78. The number of nitrogens with zero attached hydrogens (tertiary/aromatic N) is 3. The molecule has 0 aromatic carbocycles. The van der Waals surface area contributed by atoms with Crippen molar-refractivity contribution in [3.05, 3.63) is 24.1 Å². The molecule has 2 fully saturated rings. The summed E-state index contributed by atoms with van der Waals surface area (Å²) in [7, 11) is 0. The first-order valence-corrected chi connectivity index (χ1v) is 7.29. The number of pyridine rings is 1. The molecule has 3 rings (SSSR count). The summed E-state index contributed by atoms with van der Waals surface area (Å²) in [5.74, 6) is 0.654. The maximum atomic E-state index is 13.0. The van der Waals surface area contributed by atoms with Gasteiger partial charge in [0.15, 0.2) is 0 Å². The number of halogens is 1. The number of aromatic nitrogens is 1. The van der Waals surface area contributed by atoms with Crippen molar-refractivity contribution in [2.75, 3.05) is 18.0 Å². The van der Waals surface area contributed by atoms with Gasteiger partial charge in [0.1, 0.15) is 11.6 Å². The normalized spacial score (nSPS) is 27.9. The minimum Gasteiger partial charge on any atom is -0.355 e. The van der Waals surface area contributed by atoms with Crippen molar-refractivity contribution in [1.29, 1.82) is 0 Å². The van der Waals surface area contributed by atoms with Crippen molar-refractivity contribution >= 4 is 5.82 Å². The Labute approximate surface area is 114 Å². The fraction of sp³-hybridized carbons (Fsp3) is 0.667. The largest absolute Gasteiger partial charge is 0.355 e. The summed E-state index contributed by atoms with van der Waals surface area (Å²) < 4.78 is 13.0. The van der Waals surface area contributed by atoms with Crippen LogP contribution in [0.4, 0.5) is 10.2 Å². The minimum atomic E-state index is -0.260. The molecule has 2 saturated heterocycles. The molecule has 0 aliphatic carbocycles. The van der Waals surface area contributed by atoms with Crippen molar-refractivity contribution in [2.24, 2.45) is 0 Å². The zero-order valence-corrected chi connectivity index (χ0v) is 11.7. The van der Waals surface area contributed by atoms with E-state index in [0.717, 1.165) is 24.9 Å². The molecular formula is C15H22FN3. The van der Waals surface area contributed by atoms with E-state index < -0.39 is 0 Å². The molecule has 0 N–H and O–H groups in total. The standard InChI is InChI=1S/C15H22FN3/c1-11(2)19-13-4-5-14(19)10-18(8-7-13)15-6-3-12(16)9-17-15/h3,6,9,11,13-14H,4-5,7-8,10H2,1-2H3. The van der Waals surface area contributed by atoms with Crippen LogP contribution in [-0.4, -0.2) is 41.1 Å². The number of rotatable bonds is 2. The van der Waals surface area contributed by atoms with E-state index in [1.807, 2.05) is 0 Å². The molecule has 2 unspecified atom stereocenters. The Morgan fingerprint density at radius 3 is 2.68 bits per heavy atom. The van der Waals surface area contributed by atoms with E-state index in [-0.39, 0.29) is 5.82 Å². The maximum Gasteiger partial charge on any atom is 0.141 e. The van der Waals surface area contributed by atoms with Gasteiger partial charge in [-0.3, -0.25) is 4.90 Å². The molecule has 0 saturated carbocycles. The highest BCUT2D eigenvalue weighted by molar-refractivity contribution is 5.38. The van der Waals surface area contributed by atoms with Gasteiger partial charge in [-0.05, 0) is 45.2 Å². The molecule has 3 nitrogen and oxygen atoms in total. The van der Waals surface area contributed by atoms with Gasteiger partial charge in [-0.2, -0.15) is 0 Å². The summed E-state index contributed by atoms with van der Waals surface area (Å²) in [4.78, 5) is 9.22. The first-order valence-electron chi connectivity index (χ1n) is 7.29. The monoisotopic (exact) mass is 263 g/mol. The van der Waals surface area contributed by atoms with Gasteiger partial charge in [0.2, 0.25) is 0 Å². The molecule has 0 spiro atoms. The molecule has 1 aromatic heterocycles. The van der Waals surface area contributed by atoms with Crippen LogP contribution in [0.5, 0.6) is 0 Å². The second-order valence-electron chi connectivity index (χ2n) is 6.00. The molecule has 0 radical (unpaired) electrons. The van der Waals surface area contributed by atoms with E-state index >= 15 is 0 Å². The molecule has 1 aromatic rings. The van der Waals surface area contributed by atoms with Gasteiger partial charge in [-0.25, -0.2) is 9.37 Å². The van der Waals surface area contributed by atoms with Gasteiger partial charge in [-0.15, -0.1) is 0 Å². The van der Waals surface area contributed by atoms with Gasteiger partial charge < -0.3 is 4.90 Å². The Kier molecular flexibility index (Phi) is 3.44. The molecular weight excluding hydrogens is 241 g/mol. The van der Waals surface area contributed by atoms with Crippen LogP contribution >= 0.6 is 0 Å². The lowest BCUT2D eigenvalue weighted by molar-refractivity contribution is 0.158. The predicted molar refractivity (Wildman–Crippen MR) is 74.8 cm³/mol. The quantitative estimate of drug-likeness (QED) is 0.818. The summed E-state index contributed by atoms with van der Waals surface area (Å²) in [5.41, 5.74) is 0. The third-order valence-corrected chi connectivity index (χ3v) is 4.47. The zero-order valence-electron chi connectivity index (χ0n) is 11.7. The lowest BCUT2D eigenvalue weighted by Gasteiger charge is -2.32. The topological polar surface area (TPSA) is 19.4 Å². The Bertz CT molecular complexity index is 432. The van der Waals surface area contributed by atoms with Crippen LogP contribution in [0, 0.1) is 5.82 Å². The lowest BCUT2D eigenvalue weighted by Crippen LogP contribution is -2.43. The first kappa shape index (κ1) is 12.9. The summed E-state index contributed by atoms with van der Waals surface area (Å²) in [6.45, 7) is 6.63. The van der Waals surface area contributed by atoms with E-state index in [4.69, 9.17) is 0 Å². The summed E-state index contributed by atoms with van der Waals surface area (Å²) in [6, 6.07) is 5.26. The zero-order chi connectivity index (χ0) is 13.4. The Hall–Kier alpha value is -1.16. The summed E-state index contributed by atoms with van der Waals surface area (Å²) in [6.07, 6.45) is 5.11. The second kappa shape index (κ2) is 5.08. The SMILES string of the molecule is CC(C)N1C2CCC1CN(c1ccc(F)cn1)CC2. The van der Waals surface area contributed by atoms with Gasteiger partial charge in [0.25, 0.3) is 0 Å². The van der Waals surface area contributed by atoms with E-state index in [1.165, 1.54) is 31.5 Å². The molecule has 2 atom stereocenters. The van der Waals surface area contributed by atoms with Crippen molar-refractivity contribution in [3.63, 3.8) is 0 Å². The number of hydrogen-bond donors (Lipinski definition) is 0. The first-order chi connectivity index (χ1) is 9.15. The highest BCUT2D eigenvalue weighted by Crippen LogP contribution is 2.33. The van der Waals surface area contributed by atoms with Crippen molar-refractivity contribution in [2.45, 2.75) is 51.2 Å². The van der Waals surface area contributed by atoms with Crippen LogP contribution in [0.3, 0.4) is 0 Å². The number of anilines is 1. The van der Waals surface area contributed by atoms with Crippen LogP contribution in [-0.2, 0) is 0 Å². The van der Waals surface area contributed by atoms with Crippen LogP contribution in [0.15, 0.2) is 18.3 Å². The molecule has 2 aliphatic heterocycles. The maximum absolute atomic E-state index is 13.0. The highest BCUT2D eigenvalue weighted by Gasteiger charge is 2.38.